The summed E-state index contributed by atoms with van der Waals surface area (Å²) in [5.74, 6) is 0. The third-order valence-corrected chi connectivity index (χ3v) is 2.70. The van der Waals surface area contributed by atoms with Crippen molar-refractivity contribution < 1.29 is 4.84 Å². The molecular weight excluding hydrogens is 256 g/mol. The molecule has 2 N–H and O–H groups in total. The van der Waals surface area contributed by atoms with Crippen molar-refractivity contribution in [2.75, 3.05) is 0 Å². The highest BCUT2D eigenvalue weighted by Crippen LogP contribution is 2.10. The van der Waals surface area contributed by atoms with Crippen LogP contribution in [0.25, 0.3) is 0 Å². The van der Waals surface area contributed by atoms with E-state index < -0.39 is 0 Å². The van der Waals surface area contributed by atoms with Crippen LogP contribution >= 0.6 is 12.2 Å². The Bertz CT molecular complexity index is 475. The number of thiocarbonyl (C=S) groups is 1. The highest BCUT2D eigenvalue weighted by atomic mass is 32.1. The van der Waals surface area contributed by atoms with Gasteiger partial charge in [0.25, 0.3) is 5.17 Å². The molecule has 0 aliphatic heterocycles. The minimum atomic E-state index is 0.0341. The number of nitrogens with zero attached hydrogens (tertiary/aromatic N) is 1. The molecule has 2 rings (SSSR count). The molecule has 0 radical (unpaired) electrons. The Labute approximate surface area is 118 Å². The number of benzene rings is 2. The van der Waals surface area contributed by atoms with Gasteiger partial charge >= 0.3 is 0 Å². The van der Waals surface area contributed by atoms with Gasteiger partial charge in [-0.3, -0.25) is 0 Å². The molecule has 0 aliphatic carbocycles. The first kappa shape index (κ1) is 13.5. The van der Waals surface area contributed by atoms with E-state index in [0.717, 1.165) is 11.1 Å². The summed E-state index contributed by atoms with van der Waals surface area (Å²) < 4.78 is 0. The molecule has 0 aromatic heterocycles. The second kappa shape index (κ2) is 6.87. The predicted octanol–water partition coefficient (Wildman–Crippen LogP) is 2.86. The van der Waals surface area contributed by atoms with Gasteiger partial charge in [-0.2, -0.15) is 0 Å². The molecule has 3 nitrogen and oxygen atoms in total. The Morgan fingerprint density at radius 1 is 0.895 bits per heavy atom. The molecule has 0 atom stereocenters. The monoisotopic (exact) mass is 272 g/mol. The first-order chi connectivity index (χ1) is 9.24. The van der Waals surface area contributed by atoms with E-state index in [1.165, 1.54) is 0 Å². The molecule has 0 spiro atoms. The number of hydrogen-bond donors (Lipinski definition) is 1. The van der Waals surface area contributed by atoms with Crippen molar-refractivity contribution in [2.24, 2.45) is 5.73 Å². The Hall–Kier alpha value is -1.91. The zero-order chi connectivity index (χ0) is 13.5. The molecule has 0 saturated heterocycles. The maximum Gasteiger partial charge on any atom is 0.276 e. The summed E-state index contributed by atoms with van der Waals surface area (Å²) in [5, 5.41) is 1.79. The topological polar surface area (TPSA) is 38.5 Å². The lowest BCUT2D eigenvalue weighted by Gasteiger charge is -2.21. The smallest absolute Gasteiger partial charge is 0.276 e. The fourth-order valence-electron chi connectivity index (χ4n) is 1.82. The third-order valence-electron chi connectivity index (χ3n) is 2.62. The van der Waals surface area contributed by atoms with Crippen LogP contribution in [0.1, 0.15) is 11.1 Å². The number of rotatable bonds is 5. The predicted molar refractivity (Wildman–Crippen MR) is 80.0 cm³/mol. The molecule has 0 heterocycles. The van der Waals surface area contributed by atoms with Crippen molar-refractivity contribution >= 4 is 17.4 Å². The van der Waals surface area contributed by atoms with E-state index in [0.29, 0.717) is 13.1 Å². The Balaban J connectivity index is 2.06. The molecule has 0 unspecified atom stereocenters. The summed E-state index contributed by atoms with van der Waals surface area (Å²) in [4.78, 5) is 5.40. The van der Waals surface area contributed by atoms with Gasteiger partial charge in [-0.15, -0.1) is 5.06 Å². The van der Waals surface area contributed by atoms with Crippen molar-refractivity contribution in [3.05, 3.63) is 71.8 Å². The van der Waals surface area contributed by atoms with Crippen LogP contribution in [0, 0.1) is 0 Å². The van der Waals surface area contributed by atoms with Crippen LogP contribution in [0.4, 0.5) is 0 Å². The molecule has 0 fully saturated rings. The van der Waals surface area contributed by atoms with E-state index in [1.54, 1.807) is 5.06 Å². The van der Waals surface area contributed by atoms with Gasteiger partial charge in [-0.05, 0) is 23.3 Å². The maximum absolute atomic E-state index is 5.47. The van der Waals surface area contributed by atoms with E-state index in [-0.39, 0.29) is 5.17 Å². The van der Waals surface area contributed by atoms with E-state index in [9.17, 15) is 0 Å². The Morgan fingerprint density at radius 2 is 1.32 bits per heavy atom. The summed E-state index contributed by atoms with van der Waals surface area (Å²) >= 11 is 4.82. The molecule has 0 saturated carbocycles. The lowest BCUT2D eigenvalue weighted by Crippen LogP contribution is -2.29. The molecule has 98 valence electrons. The molecule has 19 heavy (non-hydrogen) atoms. The number of nitrogens with two attached hydrogens (primary N) is 1. The minimum absolute atomic E-state index is 0.0341. The Kier molecular flexibility index (Phi) is 4.89. The van der Waals surface area contributed by atoms with Gasteiger partial charge in [-0.1, -0.05) is 60.7 Å². The SMILES string of the molecule is NC(=S)ON(Cc1ccccc1)Cc1ccccc1. The molecule has 2 aromatic rings. The van der Waals surface area contributed by atoms with Crippen LogP contribution in [-0.2, 0) is 17.9 Å². The first-order valence-electron chi connectivity index (χ1n) is 6.04. The van der Waals surface area contributed by atoms with Crippen LogP contribution in [-0.4, -0.2) is 10.2 Å². The summed E-state index contributed by atoms with van der Waals surface area (Å²) in [6.45, 7) is 1.26. The summed E-state index contributed by atoms with van der Waals surface area (Å²) in [7, 11) is 0. The molecule has 2 aromatic carbocycles. The zero-order valence-electron chi connectivity index (χ0n) is 10.5. The van der Waals surface area contributed by atoms with Gasteiger partial charge in [0.05, 0.1) is 13.1 Å². The lowest BCUT2D eigenvalue weighted by atomic mass is 10.2. The van der Waals surface area contributed by atoms with Gasteiger partial charge in [0.1, 0.15) is 0 Å². The van der Waals surface area contributed by atoms with Gasteiger partial charge in [0, 0.05) is 0 Å². The molecule has 0 bridgehead atoms. The van der Waals surface area contributed by atoms with Gasteiger partial charge in [0.15, 0.2) is 0 Å². The summed E-state index contributed by atoms with van der Waals surface area (Å²) in [5.41, 5.74) is 7.76. The summed E-state index contributed by atoms with van der Waals surface area (Å²) in [6.07, 6.45) is 0. The average Bonchev–Trinajstić information content (AvgIpc) is 2.40. The van der Waals surface area contributed by atoms with Crippen LogP contribution in [0.15, 0.2) is 60.7 Å². The molecule has 0 amide bonds. The second-order valence-electron chi connectivity index (χ2n) is 4.18. The molecule has 4 heteroatoms. The van der Waals surface area contributed by atoms with Crippen LogP contribution in [0.5, 0.6) is 0 Å². The fraction of sp³-hybridized carbons (Fsp3) is 0.133. The van der Waals surface area contributed by atoms with Crippen LogP contribution in [0.3, 0.4) is 0 Å². The van der Waals surface area contributed by atoms with Gasteiger partial charge in [0.2, 0.25) is 0 Å². The van der Waals surface area contributed by atoms with E-state index in [1.807, 2.05) is 60.7 Å². The van der Waals surface area contributed by atoms with E-state index in [4.69, 9.17) is 22.8 Å². The summed E-state index contributed by atoms with van der Waals surface area (Å²) in [6, 6.07) is 20.1. The van der Waals surface area contributed by atoms with Crippen LogP contribution in [0.2, 0.25) is 0 Å². The largest absolute Gasteiger partial charge is 0.375 e. The van der Waals surface area contributed by atoms with Crippen molar-refractivity contribution in [3.63, 3.8) is 0 Å². The van der Waals surface area contributed by atoms with Crippen molar-refractivity contribution in [1.29, 1.82) is 0 Å². The van der Waals surface area contributed by atoms with Crippen molar-refractivity contribution in [2.45, 2.75) is 13.1 Å². The number of hydroxylamine groups is 2. The van der Waals surface area contributed by atoms with Gasteiger partial charge < -0.3 is 10.6 Å². The minimum Gasteiger partial charge on any atom is -0.375 e. The average molecular weight is 272 g/mol. The Morgan fingerprint density at radius 3 is 1.68 bits per heavy atom. The normalized spacial score (nSPS) is 10.4. The third kappa shape index (κ3) is 4.69. The number of hydrogen-bond acceptors (Lipinski definition) is 3. The zero-order valence-corrected chi connectivity index (χ0v) is 11.3. The van der Waals surface area contributed by atoms with Crippen molar-refractivity contribution in [3.8, 4) is 0 Å². The van der Waals surface area contributed by atoms with E-state index in [2.05, 4.69) is 0 Å². The fourth-order valence-corrected chi connectivity index (χ4v) is 1.93. The highest BCUT2D eigenvalue weighted by molar-refractivity contribution is 7.79. The maximum atomic E-state index is 5.47. The molecular formula is C15H16N2OS. The second-order valence-corrected chi connectivity index (χ2v) is 4.58. The van der Waals surface area contributed by atoms with Gasteiger partial charge in [-0.25, -0.2) is 0 Å². The molecule has 0 aliphatic rings. The lowest BCUT2D eigenvalue weighted by molar-refractivity contribution is -0.0884. The van der Waals surface area contributed by atoms with Crippen LogP contribution < -0.4 is 5.73 Å². The highest BCUT2D eigenvalue weighted by Gasteiger charge is 2.09. The van der Waals surface area contributed by atoms with E-state index >= 15 is 0 Å². The quantitative estimate of drug-likeness (QED) is 0.671. The first-order valence-corrected chi connectivity index (χ1v) is 6.45. The standard InChI is InChI=1S/C15H16N2OS/c16-15(19)18-17(11-13-7-3-1-4-8-13)12-14-9-5-2-6-10-14/h1-10H,11-12H2,(H2,16,19). The van der Waals surface area contributed by atoms with Crippen molar-refractivity contribution in [1.82, 2.24) is 5.06 Å².